The normalized spacial score (nSPS) is 18.1. The summed E-state index contributed by atoms with van der Waals surface area (Å²) in [6.07, 6.45) is 4.22. The zero-order valence-corrected chi connectivity index (χ0v) is 12.4. The van der Waals surface area contributed by atoms with Gasteiger partial charge in [0.25, 0.3) is 0 Å². The maximum atomic E-state index is 11.3. The van der Waals surface area contributed by atoms with Crippen LogP contribution in [0.2, 0.25) is 0 Å². The minimum absolute atomic E-state index is 0.462. The first-order valence-electron chi connectivity index (χ1n) is 6.00. The molecule has 19 heavy (non-hydrogen) atoms. The summed E-state index contributed by atoms with van der Waals surface area (Å²) >= 11 is 5.01. The minimum atomic E-state index is -0.780. The Kier molecular flexibility index (Phi) is 3.36. The number of carboxylic acid groups (broad SMARTS) is 1. The van der Waals surface area contributed by atoms with Crippen LogP contribution in [0, 0.1) is 0 Å². The number of aliphatic carboxylic acids is 1. The highest BCUT2D eigenvalue weighted by atomic mass is 79.9. The van der Waals surface area contributed by atoms with E-state index >= 15 is 0 Å². The second kappa shape index (κ2) is 5.02. The highest BCUT2D eigenvalue weighted by molar-refractivity contribution is 9.10. The molecule has 0 radical (unpaired) electrons. The molecule has 0 spiro atoms. The van der Waals surface area contributed by atoms with Crippen LogP contribution in [-0.2, 0) is 11.2 Å². The zero-order valence-electron chi connectivity index (χ0n) is 9.97. The monoisotopic (exact) mass is 338 g/mol. The fourth-order valence-corrected chi connectivity index (χ4v) is 4.05. The molecule has 1 atom stereocenters. The summed E-state index contributed by atoms with van der Waals surface area (Å²) in [5.41, 5.74) is 1.52. The highest BCUT2D eigenvalue weighted by Gasteiger charge is 2.30. The fourth-order valence-electron chi connectivity index (χ4n) is 2.30. The molecule has 2 aromatic heterocycles. The van der Waals surface area contributed by atoms with Gasteiger partial charge in [0.05, 0.1) is 5.69 Å². The first-order chi connectivity index (χ1) is 9.16. The van der Waals surface area contributed by atoms with Gasteiger partial charge in [0.15, 0.2) is 0 Å². The van der Waals surface area contributed by atoms with Crippen LogP contribution in [0.4, 0.5) is 0 Å². The summed E-state index contributed by atoms with van der Waals surface area (Å²) in [4.78, 5) is 21.2. The van der Waals surface area contributed by atoms with Crippen LogP contribution in [0.25, 0.3) is 10.7 Å². The van der Waals surface area contributed by atoms with Crippen LogP contribution in [0.5, 0.6) is 0 Å². The second-order valence-corrected chi connectivity index (χ2v) is 6.38. The molecule has 1 aliphatic rings. The number of aromatic nitrogens is 2. The van der Waals surface area contributed by atoms with Crippen molar-refractivity contribution in [1.82, 2.24) is 9.97 Å². The maximum Gasteiger partial charge on any atom is 0.312 e. The average Bonchev–Trinajstić information content (AvgIpc) is 2.82. The van der Waals surface area contributed by atoms with Gasteiger partial charge >= 0.3 is 5.97 Å². The van der Waals surface area contributed by atoms with Gasteiger partial charge in [-0.05, 0) is 47.3 Å². The Morgan fingerprint density at radius 3 is 3.11 bits per heavy atom. The Hall–Kier alpha value is -1.27. The summed E-state index contributed by atoms with van der Waals surface area (Å²) in [6, 6.07) is 3.76. The van der Waals surface area contributed by atoms with E-state index in [1.165, 1.54) is 0 Å². The third-order valence-corrected chi connectivity index (χ3v) is 4.99. The Bertz CT molecular complexity index is 641. The molecule has 6 heteroatoms. The lowest BCUT2D eigenvalue weighted by Crippen LogP contribution is -2.17. The van der Waals surface area contributed by atoms with E-state index in [-0.39, 0.29) is 0 Å². The van der Waals surface area contributed by atoms with Crippen LogP contribution in [0.1, 0.15) is 29.3 Å². The SMILES string of the molecule is O=C(O)C1CCCc2sc(-c3ncccc3Br)nc21. The van der Waals surface area contributed by atoms with E-state index in [0.717, 1.165) is 38.6 Å². The van der Waals surface area contributed by atoms with Crippen LogP contribution < -0.4 is 0 Å². The fraction of sp³-hybridized carbons (Fsp3) is 0.308. The van der Waals surface area contributed by atoms with Gasteiger partial charge in [0, 0.05) is 15.5 Å². The maximum absolute atomic E-state index is 11.3. The molecule has 0 aromatic carbocycles. The van der Waals surface area contributed by atoms with Gasteiger partial charge in [-0.2, -0.15) is 0 Å². The predicted octanol–water partition coefficient (Wildman–Crippen LogP) is 3.47. The number of pyridine rings is 1. The molecular formula is C13H11BrN2O2S. The Labute approximate surface area is 122 Å². The zero-order chi connectivity index (χ0) is 13.4. The van der Waals surface area contributed by atoms with E-state index in [9.17, 15) is 9.90 Å². The second-order valence-electron chi connectivity index (χ2n) is 4.44. The molecule has 0 bridgehead atoms. The van der Waals surface area contributed by atoms with Gasteiger partial charge in [-0.1, -0.05) is 0 Å². The van der Waals surface area contributed by atoms with Crippen molar-refractivity contribution in [3.63, 3.8) is 0 Å². The van der Waals surface area contributed by atoms with Crippen molar-refractivity contribution >= 4 is 33.2 Å². The van der Waals surface area contributed by atoms with E-state index in [2.05, 4.69) is 25.9 Å². The lowest BCUT2D eigenvalue weighted by molar-refractivity contribution is -0.139. The van der Waals surface area contributed by atoms with E-state index in [4.69, 9.17) is 0 Å². The van der Waals surface area contributed by atoms with Crippen molar-refractivity contribution in [3.8, 4) is 10.7 Å². The smallest absolute Gasteiger partial charge is 0.312 e. The Morgan fingerprint density at radius 2 is 2.37 bits per heavy atom. The molecule has 0 fully saturated rings. The van der Waals surface area contributed by atoms with E-state index < -0.39 is 11.9 Å². The molecule has 0 aliphatic heterocycles. The Balaban J connectivity index is 2.07. The molecule has 0 amide bonds. The molecule has 0 saturated carbocycles. The molecule has 1 unspecified atom stereocenters. The van der Waals surface area contributed by atoms with Crippen molar-refractivity contribution in [1.29, 1.82) is 0 Å². The molecule has 4 nitrogen and oxygen atoms in total. The number of carbonyl (C=O) groups is 1. The van der Waals surface area contributed by atoms with Gasteiger partial charge in [-0.15, -0.1) is 11.3 Å². The summed E-state index contributed by atoms with van der Waals surface area (Å²) < 4.78 is 0.882. The van der Waals surface area contributed by atoms with Crippen molar-refractivity contribution in [2.75, 3.05) is 0 Å². The molecule has 1 aliphatic carbocycles. The molecule has 2 aromatic rings. The van der Waals surface area contributed by atoms with Gasteiger partial charge in [0.1, 0.15) is 16.6 Å². The van der Waals surface area contributed by atoms with E-state index in [1.54, 1.807) is 17.5 Å². The summed E-state index contributed by atoms with van der Waals surface area (Å²) in [7, 11) is 0. The lowest BCUT2D eigenvalue weighted by Gasteiger charge is -2.16. The molecular weight excluding hydrogens is 328 g/mol. The first-order valence-corrected chi connectivity index (χ1v) is 7.61. The first kappa shape index (κ1) is 12.7. The number of aryl methyl sites for hydroxylation is 1. The predicted molar refractivity (Wildman–Crippen MR) is 76.4 cm³/mol. The number of hydrogen-bond acceptors (Lipinski definition) is 4. The van der Waals surface area contributed by atoms with Crippen molar-refractivity contribution in [2.24, 2.45) is 0 Å². The molecule has 0 saturated heterocycles. The largest absolute Gasteiger partial charge is 0.481 e. The number of carboxylic acids is 1. The van der Waals surface area contributed by atoms with Crippen LogP contribution in [0.15, 0.2) is 22.8 Å². The molecule has 98 valence electrons. The number of nitrogens with zero attached hydrogens (tertiary/aromatic N) is 2. The van der Waals surface area contributed by atoms with Gasteiger partial charge in [-0.3, -0.25) is 9.78 Å². The third kappa shape index (κ3) is 2.30. The molecule has 2 heterocycles. The van der Waals surface area contributed by atoms with Gasteiger partial charge in [-0.25, -0.2) is 4.98 Å². The van der Waals surface area contributed by atoms with Gasteiger partial charge in [0.2, 0.25) is 0 Å². The topological polar surface area (TPSA) is 63.1 Å². The van der Waals surface area contributed by atoms with Gasteiger partial charge < -0.3 is 5.11 Å². The quantitative estimate of drug-likeness (QED) is 0.910. The number of hydrogen-bond donors (Lipinski definition) is 1. The van der Waals surface area contributed by atoms with Crippen LogP contribution >= 0.6 is 27.3 Å². The number of fused-ring (bicyclic) bond motifs is 1. The van der Waals surface area contributed by atoms with E-state index in [0.29, 0.717) is 6.42 Å². The summed E-state index contributed by atoms with van der Waals surface area (Å²) in [5, 5.41) is 10.1. The standard InChI is InChI=1S/C13H11BrN2O2S/c14-8-4-2-6-15-11(8)12-16-10-7(13(17)18)3-1-5-9(10)19-12/h2,4,6-7H,1,3,5H2,(H,17,18). The van der Waals surface area contributed by atoms with Crippen LogP contribution in [-0.4, -0.2) is 21.0 Å². The van der Waals surface area contributed by atoms with E-state index in [1.807, 2.05) is 12.1 Å². The highest BCUT2D eigenvalue weighted by Crippen LogP contribution is 2.39. The Morgan fingerprint density at radius 1 is 1.53 bits per heavy atom. The third-order valence-electron chi connectivity index (χ3n) is 3.21. The molecule has 3 rings (SSSR count). The summed E-state index contributed by atoms with van der Waals surface area (Å²) in [6.45, 7) is 0. The number of halogens is 1. The average molecular weight is 339 g/mol. The minimum Gasteiger partial charge on any atom is -0.481 e. The number of rotatable bonds is 2. The number of thiazole rings is 1. The summed E-state index contributed by atoms with van der Waals surface area (Å²) in [5.74, 6) is -1.24. The van der Waals surface area contributed by atoms with Crippen molar-refractivity contribution in [3.05, 3.63) is 33.4 Å². The molecule has 1 N–H and O–H groups in total. The van der Waals surface area contributed by atoms with Crippen molar-refractivity contribution in [2.45, 2.75) is 25.2 Å². The lowest BCUT2D eigenvalue weighted by atomic mass is 9.91. The van der Waals surface area contributed by atoms with Crippen LogP contribution in [0.3, 0.4) is 0 Å². The van der Waals surface area contributed by atoms with Crippen molar-refractivity contribution < 1.29 is 9.90 Å².